The molecular weight excluding hydrogens is 353 g/mol. The fourth-order valence-electron chi connectivity index (χ4n) is 1.67. The number of halogens is 1. The van der Waals surface area contributed by atoms with Crippen LogP contribution in [0.2, 0.25) is 0 Å². The minimum absolute atomic E-state index is 0. The zero-order valence-corrected chi connectivity index (χ0v) is 14.4. The second-order valence-corrected chi connectivity index (χ2v) is 4.82. The average Bonchev–Trinajstić information content (AvgIpc) is 2.85. The van der Waals surface area contributed by atoms with E-state index in [1.54, 1.807) is 13.2 Å². The van der Waals surface area contributed by atoms with E-state index in [0.29, 0.717) is 6.54 Å². The number of guanidine groups is 1. The van der Waals surface area contributed by atoms with E-state index in [2.05, 4.69) is 39.7 Å². The third kappa shape index (κ3) is 8.85. The SMILES string of the molecule is CN=C(NCCCCC(C)C)NCc1ccn[nH]1.I. The minimum Gasteiger partial charge on any atom is -0.356 e. The second kappa shape index (κ2) is 11.1. The summed E-state index contributed by atoms with van der Waals surface area (Å²) in [5, 5.41) is 13.4. The first-order valence-electron chi connectivity index (χ1n) is 6.65. The molecule has 0 unspecified atom stereocenters. The molecular formula is C13H26IN5. The normalized spacial score (nSPS) is 11.3. The number of nitrogens with one attached hydrogen (secondary N) is 3. The van der Waals surface area contributed by atoms with Crippen LogP contribution in [-0.2, 0) is 6.54 Å². The molecule has 0 amide bonds. The first-order chi connectivity index (χ1) is 8.72. The molecule has 0 fully saturated rings. The van der Waals surface area contributed by atoms with Crippen molar-refractivity contribution >= 4 is 29.9 Å². The van der Waals surface area contributed by atoms with Crippen LogP contribution in [0.5, 0.6) is 0 Å². The molecule has 0 aliphatic rings. The lowest BCUT2D eigenvalue weighted by molar-refractivity contribution is 0.534. The van der Waals surface area contributed by atoms with Gasteiger partial charge in [0.25, 0.3) is 0 Å². The first kappa shape index (κ1) is 18.2. The van der Waals surface area contributed by atoms with Crippen molar-refractivity contribution in [1.82, 2.24) is 20.8 Å². The molecule has 1 rings (SSSR count). The maximum absolute atomic E-state index is 4.18. The number of aromatic nitrogens is 2. The predicted molar refractivity (Wildman–Crippen MR) is 90.9 cm³/mol. The summed E-state index contributed by atoms with van der Waals surface area (Å²) in [6.07, 6.45) is 5.49. The molecule has 0 saturated heterocycles. The zero-order chi connectivity index (χ0) is 13.2. The highest BCUT2D eigenvalue weighted by molar-refractivity contribution is 14.0. The van der Waals surface area contributed by atoms with Crippen molar-refractivity contribution in [3.8, 4) is 0 Å². The summed E-state index contributed by atoms with van der Waals surface area (Å²) >= 11 is 0. The molecule has 0 atom stereocenters. The molecule has 1 heterocycles. The smallest absolute Gasteiger partial charge is 0.191 e. The van der Waals surface area contributed by atoms with Gasteiger partial charge in [0, 0.05) is 19.8 Å². The van der Waals surface area contributed by atoms with Gasteiger partial charge in [-0.25, -0.2) is 0 Å². The fourth-order valence-corrected chi connectivity index (χ4v) is 1.67. The highest BCUT2D eigenvalue weighted by Gasteiger charge is 1.99. The predicted octanol–water partition coefficient (Wildman–Crippen LogP) is 2.52. The topological polar surface area (TPSA) is 65.1 Å². The van der Waals surface area contributed by atoms with Crippen LogP contribution in [0, 0.1) is 5.92 Å². The number of hydrogen-bond acceptors (Lipinski definition) is 2. The summed E-state index contributed by atoms with van der Waals surface area (Å²) in [5.41, 5.74) is 1.05. The Balaban J connectivity index is 0.00000324. The monoisotopic (exact) mass is 379 g/mol. The Morgan fingerprint density at radius 3 is 2.74 bits per heavy atom. The molecule has 0 radical (unpaired) electrons. The van der Waals surface area contributed by atoms with E-state index in [1.807, 2.05) is 6.07 Å². The Bertz CT molecular complexity index is 335. The number of H-pyrrole nitrogens is 1. The highest BCUT2D eigenvalue weighted by atomic mass is 127. The molecule has 1 aromatic heterocycles. The molecule has 1 aromatic rings. The van der Waals surface area contributed by atoms with Gasteiger partial charge in [-0.3, -0.25) is 10.1 Å². The molecule has 110 valence electrons. The Kier molecular flexibility index (Phi) is 10.6. The van der Waals surface area contributed by atoms with Gasteiger partial charge < -0.3 is 10.6 Å². The standard InChI is InChI=1S/C13H25N5.HI/c1-11(2)6-4-5-8-15-13(14-3)16-10-12-7-9-17-18-12;/h7,9,11H,4-6,8,10H2,1-3H3,(H,17,18)(H2,14,15,16);1H. The molecule has 0 aliphatic carbocycles. The summed E-state index contributed by atoms with van der Waals surface area (Å²) in [5.74, 6) is 1.64. The van der Waals surface area contributed by atoms with Crippen molar-refractivity contribution in [2.24, 2.45) is 10.9 Å². The summed E-state index contributed by atoms with van der Waals surface area (Å²) < 4.78 is 0. The van der Waals surface area contributed by atoms with Gasteiger partial charge in [-0.15, -0.1) is 24.0 Å². The fraction of sp³-hybridized carbons (Fsp3) is 0.692. The van der Waals surface area contributed by atoms with E-state index >= 15 is 0 Å². The quantitative estimate of drug-likeness (QED) is 0.295. The Hall–Kier alpha value is -0.790. The summed E-state index contributed by atoms with van der Waals surface area (Å²) in [4.78, 5) is 4.18. The lowest BCUT2D eigenvalue weighted by Gasteiger charge is -2.11. The van der Waals surface area contributed by atoms with Crippen LogP contribution in [0.25, 0.3) is 0 Å². The van der Waals surface area contributed by atoms with E-state index in [-0.39, 0.29) is 24.0 Å². The van der Waals surface area contributed by atoms with Gasteiger partial charge in [0.05, 0.1) is 12.2 Å². The van der Waals surface area contributed by atoms with E-state index in [4.69, 9.17) is 0 Å². The third-order valence-electron chi connectivity index (χ3n) is 2.73. The van der Waals surface area contributed by atoms with E-state index in [9.17, 15) is 0 Å². The molecule has 5 nitrogen and oxygen atoms in total. The molecule has 0 aromatic carbocycles. The van der Waals surface area contributed by atoms with E-state index in [1.165, 1.54) is 19.3 Å². The summed E-state index contributed by atoms with van der Waals surface area (Å²) in [6, 6.07) is 1.95. The van der Waals surface area contributed by atoms with Gasteiger partial charge in [-0.1, -0.05) is 26.7 Å². The maximum atomic E-state index is 4.18. The van der Waals surface area contributed by atoms with Crippen molar-refractivity contribution < 1.29 is 0 Å². The van der Waals surface area contributed by atoms with Crippen molar-refractivity contribution in [2.45, 2.75) is 39.7 Å². The van der Waals surface area contributed by atoms with E-state index < -0.39 is 0 Å². The maximum Gasteiger partial charge on any atom is 0.191 e. The van der Waals surface area contributed by atoms with Crippen LogP contribution >= 0.6 is 24.0 Å². The molecule has 3 N–H and O–H groups in total. The molecule has 0 aliphatic heterocycles. The zero-order valence-electron chi connectivity index (χ0n) is 12.1. The number of unbranched alkanes of at least 4 members (excludes halogenated alkanes) is 1. The van der Waals surface area contributed by atoms with Gasteiger partial charge >= 0.3 is 0 Å². The average molecular weight is 379 g/mol. The van der Waals surface area contributed by atoms with Gasteiger partial charge in [-0.05, 0) is 18.4 Å². The third-order valence-corrected chi connectivity index (χ3v) is 2.73. The second-order valence-electron chi connectivity index (χ2n) is 4.82. The number of rotatable bonds is 7. The Morgan fingerprint density at radius 1 is 1.37 bits per heavy atom. The molecule has 19 heavy (non-hydrogen) atoms. The van der Waals surface area contributed by atoms with Gasteiger partial charge in [0.15, 0.2) is 5.96 Å². The van der Waals surface area contributed by atoms with E-state index in [0.717, 1.165) is 24.1 Å². The first-order valence-corrected chi connectivity index (χ1v) is 6.65. The van der Waals surface area contributed by atoms with Gasteiger partial charge in [-0.2, -0.15) is 5.10 Å². The number of hydrogen-bond donors (Lipinski definition) is 3. The molecule has 0 saturated carbocycles. The van der Waals surface area contributed by atoms with Crippen LogP contribution in [0.3, 0.4) is 0 Å². The van der Waals surface area contributed by atoms with Gasteiger partial charge in [0.1, 0.15) is 0 Å². The Labute approximate surface area is 133 Å². The van der Waals surface area contributed by atoms with Crippen LogP contribution in [-0.4, -0.2) is 29.7 Å². The van der Waals surface area contributed by atoms with Crippen molar-refractivity contribution in [3.05, 3.63) is 18.0 Å². The van der Waals surface area contributed by atoms with Crippen LogP contribution < -0.4 is 10.6 Å². The number of nitrogens with zero attached hydrogens (tertiary/aromatic N) is 2. The number of aromatic amines is 1. The summed E-state index contributed by atoms with van der Waals surface area (Å²) in [6.45, 7) is 6.21. The largest absolute Gasteiger partial charge is 0.356 e. The lowest BCUT2D eigenvalue weighted by Crippen LogP contribution is -2.37. The number of aliphatic imine (C=N–C) groups is 1. The molecule has 0 spiro atoms. The Morgan fingerprint density at radius 2 is 2.16 bits per heavy atom. The van der Waals surface area contributed by atoms with Crippen LogP contribution in [0.15, 0.2) is 17.3 Å². The lowest BCUT2D eigenvalue weighted by atomic mass is 10.1. The minimum atomic E-state index is 0. The van der Waals surface area contributed by atoms with Crippen LogP contribution in [0.4, 0.5) is 0 Å². The van der Waals surface area contributed by atoms with Crippen molar-refractivity contribution in [2.75, 3.05) is 13.6 Å². The van der Waals surface area contributed by atoms with Crippen molar-refractivity contribution in [3.63, 3.8) is 0 Å². The molecule has 6 heteroatoms. The van der Waals surface area contributed by atoms with Gasteiger partial charge in [0.2, 0.25) is 0 Å². The highest BCUT2D eigenvalue weighted by Crippen LogP contribution is 2.04. The van der Waals surface area contributed by atoms with Crippen LogP contribution in [0.1, 0.15) is 38.8 Å². The van der Waals surface area contributed by atoms with Crippen molar-refractivity contribution in [1.29, 1.82) is 0 Å². The molecule has 0 bridgehead atoms. The summed E-state index contributed by atoms with van der Waals surface area (Å²) in [7, 11) is 1.79.